The van der Waals surface area contributed by atoms with E-state index in [0.717, 1.165) is 30.7 Å². The highest BCUT2D eigenvalue weighted by atomic mass is 32.1. The highest BCUT2D eigenvalue weighted by molar-refractivity contribution is 7.13. The number of methoxy groups -OCH3 is 2. The molecule has 1 saturated carbocycles. The molecular weight excluding hydrogens is 474 g/mol. The number of nitrogens with zero attached hydrogens (tertiary/aromatic N) is 2. The summed E-state index contributed by atoms with van der Waals surface area (Å²) in [6.07, 6.45) is 5.27. The van der Waals surface area contributed by atoms with Crippen LogP contribution in [0.5, 0.6) is 11.5 Å². The second-order valence-electron chi connectivity index (χ2n) is 9.04. The van der Waals surface area contributed by atoms with Crippen molar-refractivity contribution in [2.45, 2.75) is 58.0 Å². The van der Waals surface area contributed by atoms with Gasteiger partial charge in [-0.2, -0.15) is 0 Å². The highest BCUT2D eigenvalue weighted by Crippen LogP contribution is 2.34. The third kappa shape index (κ3) is 5.70. The average Bonchev–Trinajstić information content (AvgIpc) is 3.25. The summed E-state index contributed by atoms with van der Waals surface area (Å²) in [4.78, 5) is 34.7. The van der Waals surface area contributed by atoms with Crippen molar-refractivity contribution in [3.8, 4) is 11.5 Å². The van der Waals surface area contributed by atoms with E-state index in [1.165, 1.54) is 17.8 Å². The van der Waals surface area contributed by atoms with Crippen LogP contribution in [0.25, 0.3) is 0 Å². The Hall–Kier alpha value is -3.39. The summed E-state index contributed by atoms with van der Waals surface area (Å²) in [6.45, 7) is 3.70. The Kier molecular flexibility index (Phi) is 8.25. The molecule has 0 bridgehead atoms. The van der Waals surface area contributed by atoms with E-state index in [4.69, 9.17) is 9.47 Å². The predicted molar refractivity (Wildman–Crippen MR) is 142 cm³/mol. The number of hydrogen-bond donors (Lipinski definition) is 1. The van der Waals surface area contributed by atoms with E-state index in [-0.39, 0.29) is 17.9 Å². The van der Waals surface area contributed by atoms with E-state index in [1.54, 1.807) is 25.2 Å². The van der Waals surface area contributed by atoms with Gasteiger partial charge >= 0.3 is 0 Å². The summed E-state index contributed by atoms with van der Waals surface area (Å²) in [6, 6.07) is 13.8. The smallest absolute Gasteiger partial charge is 0.271 e. The summed E-state index contributed by atoms with van der Waals surface area (Å²) < 4.78 is 10.8. The molecule has 190 valence electrons. The maximum Gasteiger partial charge on any atom is 0.271 e. The van der Waals surface area contributed by atoms with E-state index < -0.39 is 6.04 Å². The standard InChI is InChI=1S/C28H33N3O4S/c1-18-26(36-19(2)29-18)28(33)31(22-11-8-12-24(17-22)35-4)25(20-13-15-23(34-3)16-14-20)27(32)30-21-9-6-5-7-10-21/h8,11-17,21,25H,5-7,9-10H2,1-4H3,(H,30,32)/t25-/m1/s1. The molecule has 1 aromatic heterocycles. The largest absolute Gasteiger partial charge is 0.497 e. The Balaban J connectivity index is 1.83. The van der Waals surface area contributed by atoms with E-state index in [2.05, 4.69) is 10.3 Å². The van der Waals surface area contributed by atoms with Crippen LogP contribution < -0.4 is 19.7 Å². The normalized spacial score (nSPS) is 14.7. The van der Waals surface area contributed by atoms with Crippen LogP contribution in [-0.4, -0.2) is 37.1 Å². The number of carbonyl (C=O) groups is 2. The van der Waals surface area contributed by atoms with Crippen LogP contribution in [-0.2, 0) is 4.79 Å². The van der Waals surface area contributed by atoms with Crippen molar-refractivity contribution < 1.29 is 19.1 Å². The molecule has 1 aliphatic rings. The van der Waals surface area contributed by atoms with Crippen molar-refractivity contribution in [3.05, 3.63) is 69.7 Å². The maximum absolute atomic E-state index is 14.2. The van der Waals surface area contributed by atoms with Gasteiger partial charge in [-0.05, 0) is 56.5 Å². The summed E-state index contributed by atoms with van der Waals surface area (Å²) in [5, 5.41) is 4.04. The van der Waals surface area contributed by atoms with Gasteiger partial charge in [-0.15, -0.1) is 11.3 Å². The Labute approximate surface area is 216 Å². The molecule has 0 saturated heterocycles. The summed E-state index contributed by atoms with van der Waals surface area (Å²) in [5.41, 5.74) is 1.92. The minimum absolute atomic E-state index is 0.0987. The predicted octanol–water partition coefficient (Wildman–Crippen LogP) is 5.61. The van der Waals surface area contributed by atoms with Crippen LogP contribution in [0.1, 0.15) is 64.1 Å². The van der Waals surface area contributed by atoms with Crippen molar-refractivity contribution in [2.24, 2.45) is 0 Å². The Morgan fingerprint density at radius 3 is 2.31 bits per heavy atom. The van der Waals surface area contributed by atoms with Gasteiger partial charge in [-0.1, -0.05) is 37.5 Å². The molecule has 4 rings (SSSR count). The summed E-state index contributed by atoms with van der Waals surface area (Å²) in [7, 11) is 3.18. The zero-order chi connectivity index (χ0) is 25.7. The first-order valence-corrected chi connectivity index (χ1v) is 13.1. The number of carbonyl (C=O) groups excluding carboxylic acids is 2. The zero-order valence-corrected chi connectivity index (χ0v) is 22.1. The molecule has 0 unspecified atom stereocenters. The van der Waals surface area contributed by atoms with E-state index >= 15 is 0 Å². The molecule has 7 nitrogen and oxygen atoms in total. The number of benzene rings is 2. The van der Waals surface area contributed by atoms with Gasteiger partial charge in [-0.25, -0.2) is 4.98 Å². The molecular formula is C28H33N3O4S. The molecule has 0 radical (unpaired) electrons. The van der Waals surface area contributed by atoms with Crippen molar-refractivity contribution in [3.63, 3.8) is 0 Å². The molecule has 1 atom stereocenters. The van der Waals surface area contributed by atoms with Gasteiger partial charge in [0.1, 0.15) is 22.4 Å². The number of aromatic nitrogens is 1. The molecule has 2 amide bonds. The third-order valence-corrected chi connectivity index (χ3v) is 7.60. The van der Waals surface area contributed by atoms with E-state index in [0.29, 0.717) is 33.3 Å². The van der Waals surface area contributed by atoms with Gasteiger partial charge in [0, 0.05) is 17.8 Å². The average molecular weight is 508 g/mol. The van der Waals surface area contributed by atoms with Crippen LogP contribution in [0, 0.1) is 13.8 Å². The van der Waals surface area contributed by atoms with Crippen molar-refractivity contribution in [1.29, 1.82) is 0 Å². The number of amides is 2. The van der Waals surface area contributed by atoms with Gasteiger partial charge in [0.2, 0.25) is 5.91 Å². The van der Waals surface area contributed by atoms with Gasteiger partial charge in [-0.3, -0.25) is 14.5 Å². The lowest BCUT2D eigenvalue weighted by atomic mass is 9.94. The number of rotatable bonds is 8. The van der Waals surface area contributed by atoms with Crippen molar-refractivity contribution in [1.82, 2.24) is 10.3 Å². The third-order valence-electron chi connectivity index (χ3n) is 6.54. The van der Waals surface area contributed by atoms with Gasteiger partial charge in [0.05, 0.1) is 24.9 Å². The molecule has 0 aliphatic heterocycles. The number of hydrogen-bond acceptors (Lipinski definition) is 6. The molecule has 36 heavy (non-hydrogen) atoms. The fraction of sp³-hybridized carbons (Fsp3) is 0.393. The molecule has 0 spiro atoms. The van der Waals surface area contributed by atoms with E-state index in [9.17, 15) is 9.59 Å². The highest BCUT2D eigenvalue weighted by Gasteiger charge is 2.36. The minimum Gasteiger partial charge on any atom is -0.497 e. The van der Waals surface area contributed by atoms with Crippen molar-refractivity contribution in [2.75, 3.05) is 19.1 Å². The number of ether oxygens (including phenoxy) is 2. The van der Waals surface area contributed by atoms with Crippen LogP contribution >= 0.6 is 11.3 Å². The second-order valence-corrected chi connectivity index (χ2v) is 10.2. The first-order valence-electron chi connectivity index (χ1n) is 12.3. The second kappa shape index (κ2) is 11.6. The Morgan fingerprint density at radius 1 is 1.00 bits per heavy atom. The van der Waals surface area contributed by atoms with Crippen molar-refractivity contribution >= 4 is 28.8 Å². The quantitative estimate of drug-likeness (QED) is 0.428. The summed E-state index contributed by atoms with van der Waals surface area (Å²) >= 11 is 1.34. The molecule has 2 aromatic carbocycles. The first-order chi connectivity index (χ1) is 17.4. The number of anilines is 1. The fourth-order valence-corrected chi connectivity index (χ4v) is 5.57. The molecule has 1 N–H and O–H groups in total. The Bertz CT molecular complexity index is 1200. The molecule has 1 fully saturated rings. The lowest BCUT2D eigenvalue weighted by molar-refractivity contribution is -0.123. The maximum atomic E-state index is 14.2. The zero-order valence-electron chi connectivity index (χ0n) is 21.2. The first kappa shape index (κ1) is 25.7. The minimum atomic E-state index is -0.890. The van der Waals surface area contributed by atoms with Crippen LogP contribution in [0.2, 0.25) is 0 Å². The molecule has 1 heterocycles. The SMILES string of the molecule is COc1ccc([C@H](C(=O)NC2CCCCC2)N(C(=O)c2sc(C)nc2C)c2cccc(OC)c2)cc1. The van der Waals surface area contributed by atoms with Gasteiger partial charge < -0.3 is 14.8 Å². The van der Waals surface area contributed by atoms with E-state index in [1.807, 2.05) is 56.3 Å². The fourth-order valence-electron chi connectivity index (χ4n) is 4.71. The number of aryl methyl sites for hydroxylation is 2. The lowest BCUT2D eigenvalue weighted by Crippen LogP contribution is -2.47. The van der Waals surface area contributed by atoms with Gasteiger partial charge in [0.25, 0.3) is 5.91 Å². The summed E-state index contributed by atoms with van der Waals surface area (Å²) in [5.74, 6) is 0.801. The van der Waals surface area contributed by atoms with Crippen LogP contribution in [0.3, 0.4) is 0 Å². The van der Waals surface area contributed by atoms with Crippen LogP contribution in [0.15, 0.2) is 48.5 Å². The number of thiazole rings is 1. The monoisotopic (exact) mass is 507 g/mol. The number of nitrogens with one attached hydrogen (secondary N) is 1. The topological polar surface area (TPSA) is 80.8 Å². The van der Waals surface area contributed by atoms with Gasteiger partial charge in [0.15, 0.2) is 0 Å². The Morgan fingerprint density at radius 2 is 1.69 bits per heavy atom. The molecule has 8 heteroatoms. The lowest BCUT2D eigenvalue weighted by Gasteiger charge is -2.33. The molecule has 3 aromatic rings. The van der Waals surface area contributed by atoms with Crippen LogP contribution in [0.4, 0.5) is 5.69 Å². The molecule has 1 aliphatic carbocycles.